The molecular weight excluding hydrogens is 226 g/mol. The summed E-state index contributed by atoms with van der Waals surface area (Å²) >= 11 is 0. The maximum absolute atomic E-state index is 12.4. The Labute approximate surface area is 111 Å². The number of carbonyl (C=O) groups is 1. The molecular formula is C15H27NO2. The van der Waals surface area contributed by atoms with Crippen molar-refractivity contribution in [1.29, 1.82) is 0 Å². The Bertz CT molecular complexity index is 255. The smallest absolute Gasteiger partial charge is 0.223 e. The fourth-order valence-electron chi connectivity index (χ4n) is 3.59. The number of aliphatic hydroxyl groups is 1. The molecule has 0 atom stereocenters. The third kappa shape index (κ3) is 3.71. The predicted molar refractivity (Wildman–Crippen MR) is 72.2 cm³/mol. The molecule has 3 nitrogen and oxygen atoms in total. The van der Waals surface area contributed by atoms with E-state index in [9.17, 15) is 9.90 Å². The monoisotopic (exact) mass is 253 g/mol. The minimum absolute atomic E-state index is 0.104. The first-order chi connectivity index (χ1) is 8.81. The molecule has 2 aliphatic carbocycles. The van der Waals surface area contributed by atoms with Gasteiger partial charge in [-0.25, -0.2) is 0 Å². The van der Waals surface area contributed by atoms with Crippen LogP contribution in [0.1, 0.15) is 64.2 Å². The van der Waals surface area contributed by atoms with E-state index in [1.165, 1.54) is 44.9 Å². The zero-order valence-electron chi connectivity index (χ0n) is 11.4. The van der Waals surface area contributed by atoms with Crippen LogP contribution in [0.4, 0.5) is 0 Å². The summed E-state index contributed by atoms with van der Waals surface area (Å²) in [6, 6.07) is 0.403. The fourth-order valence-corrected chi connectivity index (χ4v) is 3.59. The van der Waals surface area contributed by atoms with Crippen molar-refractivity contribution in [3.05, 3.63) is 0 Å². The molecule has 0 bridgehead atoms. The van der Waals surface area contributed by atoms with Crippen molar-refractivity contribution >= 4 is 5.91 Å². The molecule has 18 heavy (non-hydrogen) atoms. The van der Waals surface area contributed by atoms with Gasteiger partial charge in [-0.3, -0.25) is 4.79 Å². The molecule has 1 amide bonds. The molecule has 0 spiro atoms. The van der Waals surface area contributed by atoms with Gasteiger partial charge in [-0.05, 0) is 31.6 Å². The van der Waals surface area contributed by atoms with Gasteiger partial charge in [0.1, 0.15) is 0 Å². The van der Waals surface area contributed by atoms with Crippen LogP contribution >= 0.6 is 0 Å². The predicted octanol–water partition coefficient (Wildman–Crippen LogP) is 2.72. The summed E-state index contributed by atoms with van der Waals surface area (Å²) in [5, 5.41) is 9.18. The van der Waals surface area contributed by atoms with E-state index in [1.807, 2.05) is 4.90 Å². The molecule has 0 aromatic carbocycles. The lowest BCUT2D eigenvalue weighted by Gasteiger charge is -2.34. The standard InChI is InChI=1S/C15H27NO2/c17-11-10-16(14-8-2-1-3-9-14)15(18)12-13-6-4-5-7-13/h13-14,17H,1-12H2. The quantitative estimate of drug-likeness (QED) is 0.818. The summed E-state index contributed by atoms with van der Waals surface area (Å²) < 4.78 is 0. The number of rotatable bonds is 5. The number of carbonyl (C=O) groups excluding carboxylic acids is 1. The second-order valence-electron chi connectivity index (χ2n) is 5.96. The zero-order chi connectivity index (χ0) is 12.8. The molecule has 0 unspecified atom stereocenters. The molecule has 0 aliphatic heterocycles. The maximum atomic E-state index is 12.4. The fraction of sp³-hybridized carbons (Fsp3) is 0.933. The van der Waals surface area contributed by atoms with Gasteiger partial charge in [0.15, 0.2) is 0 Å². The second kappa shape index (κ2) is 7.13. The van der Waals surface area contributed by atoms with Gasteiger partial charge < -0.3 is 10.0 Å². The summed E-state index contributed by atoms with van der Waals surface area (Å²) in [4.78, 5) is 14.4. The number of nitrogens with zero attached hydrogens (tertiary/aromatic N) is 1. The molecule has 0 aromatic rings. The van der Waals surface area contributed by atoms with Crippen molar-refractivity contribution in [3.63, 3.8) is 0 Å². The lowest BCUT2D eigenvalue weighted by Crippen LogP contribution is -2.43. The molecule has 2 aliphatic rings. The first-order valence-electron chi connectivity index (χ1n) is 7.71. The number of hydrogen-bond donors (Lipinski definition) is 1. The SMILES string of the molecule is O=C(CC1CCCC1)N(CCO)C1CCCCC1. The zero-order valence-corrected chi connectivity index (χ0v) is 11.4. The third-order valence-electron chi connectivity index (χ3n) is 4.61. The van der Waals surface area contributed by atoms with Crippen molar-refractivity contribution in [2.24, 2.45) is 5.92 Å². The van der Waals surface area contributed by atoms with Crippen LogP contribution < -0.4 is 0 Å². The first kappa shape index (κ1) is 13.9. The summed E-state index contributed by atoms with van der Waals surface area (Å²) in [5.74, 6) is 0.908. The van der Waals surface area contributed by atoms with Gasteiger partial charge in [-0.1, -0.05) is 32.1 Å². The van der Waals surface area contributed by atoms with Gasteiger partial charge >= 0.3 is 0 Å². The van der Waals surface area contributed by atoms with Crippen LogP contribution in [-0.2, 0) is 4.79 Å². The highest BCUT2D eigenvalue weighted by Gasteiger charge is 2.27. The Kier molecular flexibility index (Phi) is 5.48. The minimum Gasteiger partial charge on any atom is -0.395 e. The molecule has 0 saturated heterocycles. The average Bonchev–Trinajstić information content (AvgIpc) is 2.89. The van der Waals surface area contributed by atoms with Gasteiger partial charge in [0.25, 0.3) is 0 Å². The van der Waals surface area contributed by atoms with Crippen molar-refractivity contribution < 1.29 is 9.90 Å². The van der Waals surface area contributed by atoms with Crippen LogP contribution in [0.5, 0.6) is 0 Å². The Morgan fingerprint density at radius 1 is 1.00 bits per heavy atom. The maximum Gasteiger partial charge on any atom is 0.223 e. The molecule has 104 valence electrons. The Morgan fingerprint density at radius 2 is 1.61 bits per heavy atom. The molecule has 1 N–H and O–H groups in total. The molecule has 2 fully saturated rings. The lowest BCUT2D eigenvalue weighted by atomic mass is 9.93. The van der Waals surface area contributed by atoms with Crippen LogP contribution in [0.2, 0.25) is 0 Å². The molecule has 0 radical (unpaired) electrons. The topological polar surface area (TPSA) is 40.5 Å². The lowest BCUT2D eigenvalue weighted by molar-refractivity contribution is -0.135. The normalized spacial score (nSPS) is 22.3. The van der Waals surface area contributed by atoms with E-state index >= 15 is 0 Å². The van der Waals surface area contributed by atoms with Crippen LogP contribution in [-0.4, -0.2) is 35.1 Å². The van der Waals surface area contributed by atoms with Crippen LogP contribution in [0.3, 0.4) is 0 Å². The van der Waals surface area contributed by atoms with E-state index < -0.39 is 0 Å². The van der Waals surface area contributed by atoms with E-state index in [0.717, 1.165) is 19.3 Å². The van der Waals surface area contributed by atoms with E-state index in [0.29, 0.717) is 24.4 Å². The summed E-state index contributed by atoms with van der Waals surface area (Å²) in [6.07, 6.45) is 11.8. The largest absolute Gasteiger partial charge is 0.395 e. The highest BCUT2D eigenvalue weighted by Crippen LogP contribution is 2.29. The molecule has 2 rings (SSSR count). The van der Waals surface area contributed by atoms with Gasteiger partial charge in [-0.2, -0.15) is 0 Å². The molecule has 2 saturated carbocycles. The van der Waals surface area contributed by atoms with E-state index in [-0.39, 0.29) is 6.61 Å². The molecule has 3 heteroatoms. The van der Waals surface area contributed by atoms with Crippen molar-refractivity contribution in [2.75, 3.05) is 13.2 Å². The van der Waals surface area contributed by atoms with Crippen molar-refractivity contribution in [3.8, 4) is 0 Å². The van der Waals surface area contributed by atoms with Crippen LogP contribution in [0.15, 0.2) is 0 Å². The van der Waals surface area contributed by atoms with Gasteiger partial charge in [-0.15, -0.1) is 0 Å². The highest BCUT2D eigenvalue weighted by molar-refractivity contribution is 5.76. The average molecular weight is 253 g/mol. The number of aliphatic hydroxyl groups excluding tert-OH is 1. The van der Waals surface area contributed by atoms with Crippen molar-refractivity contribution in [2.45, 2.75) is 70.3 Å². The summed E-state index contributed by atoms with van der Waals surface area (Å²) in [7, 11) is 0. The van der Waals surface area contributed by atoms with Crippen LogP contribution in [0, 0.1) is 5.92 Å². The minimum atomic E-state index is 0.104. The van der Waals surface area contributed by atoms with Crippen molar-refractivity contribution in [1.82, 2.24) is 4.90 Å². The summed E-state index contributed by atoms with van der Waals surface area (Å²) in [5.41, 5.74) is 0. The van der Waals surface area contributed by atoms with Gasteiger partial charge in [0.2, 0.25) is 5.91 Å². The van der Waals surface area contributed by atoms with E-state index in [1.54, 1.807) is 0 Å². The first-order valence-corrected chi connectivity index (χ1v) is 7.71. The molecule has 0 aromatic heterocycles. The second-order valence-corrected chi connectivity index (χ2v) is 5.96. The number of amides is 1. The Balaban J connectivity index is 1.87. The summed E-state index contributed by atoms with van der Waals surface area (Å²) in [6.45, 7) is 0.642. The Hall–Kier alpha value is -0.570. The van der Waals surface area contributed by atoms with E-state index in [2.05, 4.69) is 0 Å². The van der Waals surface area contributed by atoms with Gasteiger partial charge in [0.05, 0.1) is 6.61 Å². The Morgan fingerprint density at radius 3 is 2.22 bits per heavy atom. The molecule has 0 heterocycles. The van der Waals surface area contributed by atoms with E-state index in [4.69, 9.17) is 0 Å². The number of hydrogen-bond acceptors (Lipinski definition) is 2. The third-order valence-corrected chi connectivity index (χ3v) is 4.61. The van der Waals surface area contributed by atoms with Crippen LogP contribution in [0.25, 0.3) is 0 Å². The highest BCUT2D eigenvalue weighted by atomic mass is 16.3. The van der Waals surface area contributed by atoms with Gasteiger partial charge in [0, 0.05) is 19.0 Å².